The van der Waals surface area contributed by atoms with Crippen LogP contribution in [0.25, 0.3) is 0 Å². The average molecular weight is 342 g/mol. The lowest BCUT2D eigenvalue weighted by Gasteiger charge is -2.47. The molecule has 0 bridgehead atoms. The van der Waals surface area contributed by atoms with Crippen LogP contribution >= 0.6 is 0 Å². The number of aliphatic hydroxyl groups is 1. The highest BCUT2D eigenvalue weighted by molar-refractivity contribution is 5.94. The fourth-order valence-electron chi connectivity index (χ4n) is 4.42. The van der Waals surface area contributed by atoms with Crippen molar-refractivity contribution in [2.45, 2.75) is 38.1 Å². The first kappa shape index (κ1) is 18.2. The van der Waals surface area contributed by atoms with Gasteiger partial charge in [0.2, 0.25) is 0 Å². The predicted molar refractivity (Wildman–Crippen MR) is 101 cm³/mol. The van der Waals surface area contributed by atoms with Crippen molar-refractivity contribution in [3.63, 3.8) is 0 Å². The predicted octanol–water partition coefficient (Wildman–Crippen LogP) is 2.94. The lowest BCUT2D eigenvalue weighted by molar-refractivity contribution is -0.000428. The molecule has 2 aliphatic heterocycles. The summed E-state index contributed by atoms with van der Waals surface area (Å²) in [5, 5.41) is 9.90. The van der Waals surface area contributed by atoms with Gasteiger partial charge in [0.25, 0.3) is 5.91 Å². The number of piperidine rings is 2. The molecule has 0 saturated carbocycles. The molecule has 3 rings (SSSR count). The van der Waals surface area contributed by atoms with Gasteiger partial charge < -0.3 is 10.0 Å². The van der Waals surface area contributed by atoms with Crippen LogP contribution in [-0.4, -0.2) is 59.6 Å². The highest BCUT2D eigenvalue weighted by Crippen LogP contribution is 2.35. The summed E-state index contributed by atoms with van der Waals surface area (Å²) in [5.74, 6) is 0.147. The summed E-state index contributed by atoms with van der Waals surface area (Å²) in [4.78, 5) is 17.1. The first-order chi connectivity index (χ1) is 12.2. The molecule has 1 aromatic rings. The molecule has 0 aromatic heterocycles. The van der Waals surface area contributed by atoms with Gasteiger partial charge in [-0.25, -0.2) is 0 Å². The third kappa shape index (κ3) is 4.13. The number of carbonyl (C=O) groups excluding carboxylic acids is 1. The molecule has 0 radical (unpaired) electrons. The van der Waals surface area contributed by atoms with Crippen molar-refractivity contribution in [3.8, 4) is 0 Å². The molecule has 4 nitrogen and oxygen atoms in total. The Morgan fingerprint density at radius 2 is 1.96 bits per heavy atom. The largest absolute Gasteiger partial charge is 0.396 e. The van der Waals surface area contributed by atoms with E-state index in [9.17, 15) is 9.90 Å². The van der Waals surface area contributed by atoms with E-state index in [4.69, 9.17) is 0 Å². The van der Waals surface area contributed by atoms with Crippen LogP contribution in [0.4, 0.5) is 0 Å². The summed E-state index contributed by atoms with van der Waals surface area (Å²) in [6.45, 7) is 7.81. The molecule has 0 aliphatic carbocycles. The molecule has 2 aliphatic rings. The molecule has 2 fully saturated rings. The fraction of sp³-hybridized carbons (Fsp3) is 0.571. The number of benzene rings is 1. The van der Waals surface area contributed by atoms with Gasteiger partial charge in [0.1, 0.15) is 0 Å². The van der Waals surface area contributed by atoms with E-state index < -0.39 is 0 Å². The second kappa shape index (κ2) is 8.15. The van der Waals surface area contributed by atoms with Gasteiger partial charge in [-0.15, -0.1) is 6.58 Å². The van der Waals surface area contributed by atoms with Gasteiger partial charge >= 0.3 is 0 Å². The molecule has 4 heteroatoms. The average Bonchev–Trinajstić information content (AvgIpc) is 2.68. The third-order valence-electron chi connectivity index (χ3n) is 5.89. The first-order valence-corrected chi connectivity index (χ1v) is 9.47. The zero-order chi connectivity index (χ0) is 17.7. The van der Waals surface area contributed by atoms with Crippen molar-refractivity contribution in [1.29, 1.82) is 0 Å². The minimum atomic E-state index is -0.0169. The maximum absolute atomic E-state index is 12.6. The maximum atomic E-state index is 12.6. The van der Waals surface area contributed by atoms with Crippen LogP contribution in [0.5, 0.6) is 0 Å². The number of amides is 1. The van der Waals surface area contributed by atoms with Crippen molar-refractivity contribution in [2.24, 2.45) is 5.41 Å². The van der Waals surface area contributed by atoms with Crippen molar-refractivity contribution < 1.29 is 9.90 Å². The number of hydrogen-bond donors (Lipinski definition) is 1. The van der Waals surface area contributed by atoms with E-state index in [1.54, 1.807) is 0 Å². The lowest BCUT2D eigenvalue weighted by atomic mass is 9.77. The Morgan fingerprint density at radius 1 is 1.24 bits per heavy atom. The van der Waals surface area contributed by atoms with E-state index in [1.807, 2.05) is 41.3 Å². The number of aliphatic hydroxyl groups excluding tert-OH is 1. The van der Waals surface area contributed by atoms with Gasteiger partial charge in [-0.05, 0) is 50.8 Å². The molecule has 1 N–H and O–H groups in total. The van der Waals surface area contributed by atoms with E-state index in [-0.39, 0.29) is 17.9 Å². The van der Waals surface area contributed by atoms with Crippen molar-refractivity contribution in [3.05, 3.63) is 48.6 Å². The fourth-order valence-corrected chi connectivity index (χ4v) is 4.42. The maximum Gasteiger partial charge on any atom is 0.253 e. The molecular formula is C21H30N2O2. The molecule has 1 aromatic carbocycles. The highest BCUT2D eigenvalue weighted by atomic mass is 16.3. The zero-order valence-corrected chi connectivity index (χ0v) is 15.1. The third-order valence-corrected chi connectivity index (χ3v) is 5.89. The number of allylic oxidation sites excluding steroid dienone is 1. The molecule has 0 unspecified atom stereocenters. The van der Waals surface area contributed by atoms with Crippen molar-refractivity contribution >= 4 is 5.91 Å². The molecule has 2 saturated heterocycles. The minimum Gasteiger partial charge on any atom is -0.396 e. The monoisotopic (exact) mass is 342 g/mol. The first-order valence-electron chi connectivity index (χ1n) is 9.47. The van der Waals surface area contributed by atoms with E-state index in [0.29, 0.717) is 6.04 Å². The number of rotatable bonds is 5. The van der Waals surface area contributed by atoms with Gasteiger partial charge in [-0.3, -0.25) is 9.69 Å². The summed E-state index contributed by atoms with van der Waals surface area (Å²) in [7, 11) is 0. The molecule has 2 heterocycles. The van der Waals surface area contributed by atoms with Gasteiger partial charge in [-0.1, -0.05) is 24.3 Å². The van der Waals surface area contributed by atoms with Crippen LogP contribution in [0.1, 0.15) is 42.5 Å². The second-order valence-corrected chi connectivity index (χ2v) is 7.61. The normalized spacial score (nSPS) is 25.7. The van der Waals surface area contributed by atoms with E-state index >= 15 is 0 Å². The number of carbonyl (C=O) groups is 1. The Balaban J connectivity index is 1.57. The quantitative estimate of drug-likeness (QED) is 0.837. The summed E-state index contributed by atoms with van der Waals surface area (Å²) < 4.78 is 0. The van der Waals surface area contributed by atoms with Gasteiger partial charge in [0.05, 0.1) is 6.61 Å². The summed E-state index contributed by atoms with van der Waals surface area (Å²) in [5.41, 5.74) is 0.765. The van der Waals surface area contributed by atoms with E-state index in [1.165, 1.54) is 0 Å². The lowest BCUT2D eigenvalue weighted by Crippen LogP contribution is -2.53. The Kier molecular flexibility index (Phi) is 5.92. The van der Waals surface area contributed by atoms with Gasteiger partial charge in [0, 0.05) is 36.7 Å². The molecule has 25 heavy (non-hydrogen) atoms. The molecule has 136 valence electrons. The number of likely N-dealkylation sites (tertiary alicyclic amines) is 2. The topological polar surface area (TPSA) is 43.8 Å². The van der Waals surface area contributed by atoms with Crippen LogP contribution in [-0.2, 0) is 0 Å². The second-order valence-electron chi connectivity index (χ2n) is 7.61. The Morgan fingerprint density at radius 3 is 2.60 bits per heavy atom. The molecule has 1 amide bonds. The van der Waals surface area contributed by atoms with Crippen molar-refractivity contribution in [1.82, 2.24) is 9.80 Å². The van der Waals surface area contributed by atoms with E-state index in [0.717, 1.165) is 63.8 Å². The smallest absolute Gasteiger partial charge is 0.253 e. The molecular weight excluding hydrogens is 312 g/mol. The Bertz CT molecular complexity index is 581. The SMILES string of the molecule is C=CC[C@]1(CO)CCCN(C2CCN(C(=O)c3ccccc3)CC2)C1. The zero-order valence-electron chi connectivity index (χ0n) is 15.1. The van der Waals surface area contributed by atoms with Crippen LogP contribution in [0, 0.1) is 5.41 Å². The Hall–Kier alpha value is -1.65. The summed E-state index contributed by atoms with van der Waals surface area (Å²) in [6.07, 6.45) is 7.09. The van der Waals surface area contributed by atoms with Crippen LogP contribution in [0.15, 0.2) is 43.0 Å². The van der Waals surface area contributed by atoms with Gasteiger partial charge in [-0.2, -0.15) is 0 Å². The minimum absolute atomic E-state index is 0.0169. The van der Waals surface area contributed by atoms with Crippen LogP contribution in [0.3, 0.4) is 0 Å². The van der Waals surface area contributed by atoms with Crippen LogP contribution < -0.4 is 0 Å². The summed E-state index contributed by atoms with van der Waals surface area (Å²) >= 11 is 0. The van der Waals surface area contributed by atoms with Gasteiger partial charge in [0.15, 0.2) is 0 Å². The number of hydrogen-bond acceptors (Lipinski definition) is 3. The van der Waals surface area contributed by atoms with Crippen molar-refractivity contribution in [2.75, 3.05) is 32.8 Å². The Labute approximate surface area is 151 Å². The standard InChI is InChI=1S/C21H30N2O2/c1-2-11-21(17-24)12-6-13-23(16-21)19-9-14-22(15-10-19)20(25)18-7-4-3-5-8-18/h2-5,7-8,19,24H,1,6,9-17H2/t21-/m0/s1. The molecule has 1 atom stereocenters. The number of nitrogens with zero attached hydrogens (tertiary/aromatic N) is 2. The summed E-state index contributed by atoms with van der Waals surface area (Å²) in [6, 6.07) is 10.1. The highest BCUT2D eigenvalue weighted by Gasteiger charge is 2.37. The van der Waals surface area contributed by atoms with E-state index in [2.05, 4.69) is 11.5 Å². The van der Waals surface area contributed by atoms with Crippen LogP contribution in [0.2, 0.25) is 0 Å². The molecule has 0 spiro atoms.